The molecule has 0 aromatic heterocycles. The Morgan fingerprint density at radius 1 is 1.26 bits per heavy atom. The number of halogens is 3. The van der Waals surface area contributed by atoms with E-state index in [1.54, 1.807) is 6.07 Å². The minimum absolute atomic E-state index is 0.119. The lowest BCUT2D eigenvalue weighted by Crippen LogP contribution is -2.19. The molecule has 2 rings (SSSR count). The summed E-state index contributed by atoms with van der Waals surface area (Å²) in [4.78, 5) is 0. The van der Waals surface area contributed by atoms with Crippen LogP contribution in [0.15, 0.2) is 42.5 Å². The highest BCUT2D eigenvalue weighted by Crippen LogP contribution is 2.25. The fourth-order valence-corrected chi connectivity index (χ4v) is 2.79. The highest BCUT2D eigenvalue weighted by Gasteiger charge is 2.13. The van der Waals surface area contributed by atoms with Crippen LogP contribution in [0.25, 0.3) is 0 Å². The van der Waals surface area contributed by atoms with Gasteiger partial charge in [-0.25, -0.2) is 4.39 Å². The standard InChI is InChI=1S/C15H14ClFIN/c1-19-15(10-3-2-4-13(18)8-10)9-11-7-12(17)5-6-14(11)16/h2-8,15,19H,9H2,1H3. The van der Waals surface area contributed by atoms with E-state index < -0.39 is 0 Å². The largest absolute Gasteiger partial charge is 0.313 e. The molecule has 0 heterocycles. The number of nitrogens with one attached hydrogen (secondary N) is 1. The van der Waals surface area contributed by atoms with Crippen LogP contribution in [-0.4, -0.2) is 7.05 Å². The minimum Gasteiger partial charge on any atom is -0.313 e. The van der Waals surface area contributed by atoms with Gasteiger partial charge in [-0.3, -0.25) is 0 Å². The van der Waals surface area contributed by atoms with Crippen LogP contribution in [0.2, 0.25) is 5.02 Å². The normalized spacial score (nSPS) is 12.4. The summed E-state index contributed by atoms with van der Waals surface area (Å²) in [6.45, 7) is 0. The van der Waals surface area contributed by atoms with Crippen molar-refractivity contribution in [1.29, 1.82) is 0 Å². The van der Waals surface area contributed by atoms with Gasteiger partial charge in [-0.2, -0.15) is 0 Å². The first-order chi connectivity index (χ1) is 9.10. The molecule has 1 atom stereocenters. The molecular weight excluding hydrogens is 376 g/mol. The number of hydrogen-bond donors (Lipinski definition) is 1. The molecule has 0 amide bonds. The van der Waals surface area contributed by atoms with Gasteiger partial charge < -0.3 is 5.32 Å². The van der Waals surface area contributed by atoms with Gasteiger partial charge in [0.15, 0.2) is 0 Å². The zero-order valence-electron chi connectivity index (χ0n) is 10.5. The van der Waals surface area contributed by atoms with Crippen molar-refractivity contribution in [2.45, 2.75) is 12.5 Å². The highest BCUT2D eigenvalue weighted by atomic mass is 127. The molecule has 1 unspecified atom stereocenters. The highest BCUT2D eigenvalue weighted by molar-refractivity contribution is 14.1. The second-order valence-corrected chi connectivity index (χ2v) is 5.99. The Balaban J connectivity index is 2.26. The predicted molar refractivity (Wildman–Crippen MR) is 86.1 cm³/mol. The first-order valence-corrected chi connectivity index (χ1v) is 7.42. The van der Waals surface area contributed by atoms with Gasteiger partial charge in [-0.15, -0.1) is 0 Å². The van der Waals surface area contributed by atoms with Crippen LogP contribution in [0.5, 0.6) is 0 Å². The smallest absolute Gasteiger partial charge is 0.123 e. The van der Waals surface area contributed by atoms with E-state index in [0.29, 0.717) is 11.4 Å². The molecule has 0 aliphatic heterocycles. The summed E-state index contributed by atoms with van der Waals surface area (Å²) in [5.41, 5.74) is 2.00. The first-order valence-electron chi connectivity index (χ1n) is 5.97. The zero-order chi connectivity index (χ0) is 13.8. The summed E-state index contributed by atoms with van der Waals surface area (Å²) >= 11 is 8.40. The second kappa shape index (κ2) is 6.68. The average molecular weight is 390 g/mol. The van der Waals surface area contributed by atoms with E-state index in [0.717, 1.165) is 5.56 Å². The Bertz CT molecular complexity index is 574. The molecule has 0 saturated carbocycles. The monoisotopic (exact) mass is 389 g/mol. The maximum atomic E-state index is 13.3. The van der Waals surface area contributed by atoms with Gasteiger partial charge in [0, 0.05) is 14.6 Å². The Labute approximate surface area is 131 Å². The van der Waals surface area contributed by atoms with Gasteiger partial charge in [-0.1, -0.05) is 23.7 Å². The summed E-state index contributed by atoms with van der Waals surface area (Å²) in [6.07, 6.45) is 0.660. The number of rotatable bonds is 4. The molecular formula is C15H14ClFIN. The third kappa shape index (κ3) is 3.91. The molecule has 2 aromatic carbocycles. The predicted octanol–water partition coefficient (Wildman–Crippen LogP) is 4.59. The summed E-state index contributed by atoms with van der Waals surface area (Å²) in [6, 6.07) is 12.9. The molecule has 1 nitrogen and oxygen atoms in total. The van der Waals surface area contributed by atoms with E-state index in [2.05, 4.69) is 40.0 Å². The van der Waals surface area contributed by atoms with Gasteiger partial charge in [-0.05, 0) is 77.5 Å². The van der Waals surface area contributed by atoms with Crippen molar-refractivity contribution in [3.63, 3.8) is 0 Å². The van der Waals surface area contributed by atoms with Gasteiger partial charge in [0.2, 0.25) is 0 Å². The topological polar surface area (TPSA) is 12.0 Å². The van der Waals surface area contributed by atoms with Crippen molar-refractivity contribution in [2.75, 3.05) is 7.05 Å². The molecule has 0 saturated heterocycles. The number of benzene rings is 2. The quantitative estimate of drug-likeness (QED) is 0.754. The molecule has 1 N–H and O–H groups in total. The Kier molecular flexibility index (Phi) is 5.19. The molecule has 100 valence electrons. The van der Waals surface area contributed by atoms with E-state index in [1.807, 2.05) is 19.2 Å². The SMILES string of the molecule is CNC(Cc1cc(F)ccc1Cl)c1cccc(I)c1. The van der Waals surface area contributed by atoms with E-state index in [-0.39, 0.29) is 11.9 Å². The average Bonchev–Trinajstić information content (AvgIpc) is 2.39. The summed E-state index contributed by atoms with van der Waals surface area (Å²) in [7, 11) is 1.90. The van der Waals surface area contributed by atoms with Crippen LogP contribution in [0.1, 0.15) is 17.2 Å². The van der Waals surface area contributed by atoms with Crippen molar-refractivity contribution in [3.8, 4) is 0 Å². The van der Waals surface area contributed by atoms with Gasteiger partial charge >= 0.3 is 0 Å². The van der Waals surface area contributed by atoms with E-state index in [4.69, 9.17) is 11.6 Å². The Morgan fingerprint density at radius 3 is 2.74 bits per heavy atom. The lowest BCUT2D eigenvalue weighted by Gasteiger charge is -2.18. The van der Waals surface area contributed by atoms with E-state index in [1.165, 1.54) is 21.3 Å². The molecule has 0 aliphatic rings. The summed E-state index contributed by atoms with van der Waals surface area (Å²) < 4.78 is 14.5. The number of likely N-dealkylation sites (N-methyl/N-ethyl adjacent to an activating group) is 1. The molecule has 0 spiro atoms. The molecule has 0 bridgehead atoms. The van der Waals surface area contributed by atoms with Crippen molar-refractivity contribution in [3.05, 3.63) is 68.0 Å². The third-order valence-corrected chi connectivity index (χ3v) is 4.07. The fraction of sp³-hybridized carbons (Fsp3) is 0.200. The van der Waals surface area contributed by atoms with Crippen LogP contribution in [0, 0.1) is 9.39 Å². The molecule has 19 heavy (non-hydrogen) atoms. The van der Waals surface area contributed by atoms with Gasteiger partial charge in [0.25, 0.3) is 0 Å². The maximum absolute atomic E-state index is 13.3. The van der Waals surface area contributed by atoms with Crippen LogP contribution >= 0.6 is 34.2 Å². The number of hydrogen-bond acceptors (Lipinski definition) is 1. The Hall–Kier alpha value is -0.650. The molecule has 4 heteroatoms. The minimum atomic E-state index is -0.253. The fourth-order valence-electron chi connectivity index (χ4n) is 2.03. The first kappa shape index (κ1) is 14.8. The van der Waals surface area contributed by atoms with Crippen LogP contribution in [-0.2, 0) is 6.42 Å². The molecule has 0 aliphatic carbocycles. The summed E-state index contributed by atoms with van der Waals surface area (Å²) in [5, 5.41) is 3.86. The lowest BCUT2D eigenvalue weighted by atomic mass is 9.99. The zero-order valence-corrected chi connectivity index (χ0v) is 13.4. The lowest BCUT2D eigenvalue weighted by molar-refractivity contribution is 0.584. The van der Waals surface area contributed by atoms with Crippen molar-refractivity contribution in [2.24, 2.45) is 0 Å². The molecule has 0 radical (unpaired) electrons. The summed E-state index contributed by atoms with van der Waals surface area (Å²) in [5.74, 6) is -0.253. The van der Waals surface area contributed by atoms with E-state index >= 15 is 0 Å². The molecule has 2 aromatic rings. The maximum Gasteiger partial charge on any atom is 0.123 e. The van der Waals surface area contributed by atoms with Crippen LogP contribution < -0.4 is 5.32 Å². The van der Waals surface area contributed by atoms with Crippen molar-refractivity contribution >= 4 is 34.2 Å². The van der Waals surface area contributed by atoms with E-state index in [9.17, 15) is 4.39 Å². The van der Waals surface area contributed by atoms with Crippen LogP contribution in [0.4, 0.5) is 4.39 Å². The van der Waals surface area contributed by atoms with Crippen molar-refractivity contribution < 1.29 is 4.39 Å². The third-order valence-electron chi connectivity index (χ3n) is 3.03. The van der Waals surface area contributed by atoms with Crippen molar-refractivity contribution in [1.82, 2.24) is 5.32 Å². The van der Waals surface area contributed by atoms with Gasteiger partial charge in [0.1, 0.15) is 5.82 Å². The Morgan fingerprint density at radius 2 is 2.05 bits per heavy atom. The van der Waals surface area contributed by atoms with Crippen LogP contribution in [0.3, 0.4) is 0 Å². The van der Waals surface area contributed by atoms with Gasteiger partial charge in [0.05, 0.1) is 0 Å². The molecule has 0 fully saturated rings. The second-order valence-electron chi connectivity index (χ2n) is 4.34.